The van der Waals surface area contributed by atoms with Gasteiger partial charge in [-0.05, 0) is 37.6 Å². The van der Waals surface area contributed by atoms with Crippen LogP contribution in [-0.4, -0.2) is 24.0 Å². The molecule has 0 bridgehead atoms. The molecule has 1 unspecified atom stereocenters. The molecule has 0 amide bonds. The highest BCUT2D eigenvalue weighted by atomic mass is 16.5. The molecule has 0 radical (unpaired) electrons. The zero-order chi connectivity index (χ0) is 17.6. The molecule has 2 heterocycles. The third-order valence-electron chi connectivity index (χ3n) is 4.66. The maximum Gasteiger partial charge on any atom is 0.161 e. The van der Waals surface area contributed by atoms with Gasteiger partial charge in [-0.3, -0.25) is 0 Å². The Morgan fingerprint density at radius 3 is 2.56 bits per heavy atom. The van der Waals surface area contributed by atoms with E-state index in [0.29, 0.717) is 5.75 Å². The van der Waals surface area contributed by atoms with Crippen molar-refractivity contribution in [1.29, 1.82) is 0 Å². The van der Waals surface area contributed by atoms with Crippen molar-refractivity contribution in [1.82, 2.24) is 9.78 Å². The number of ether oxygens (including phenoxy) is 2. The lowest BCUT2D eigenvalue weighted by Crippen LogP contribution is -2.26. The van der Waals surface area contributed by atoms with Gasteiger partial charge < -0.3 is 14.8 Å². The van der Waals surface area contributed by atoms with E-state index in [9.17, 15) is 0 Å². The van der Waals surface area contributed by atoms with Gasteiger partial charge in [0.1, 0.15) is 6.17 Å². The molecular weight excluding hydrogens is 314 g/mol. The van der Waals surface area contributed by atoms with Crippen LogP contribution in [0.2, 0.25) is 0 Å². The van der Waals surface area contributed by atoms with Crippen LogP contribution in [0.4, 0.5) is 5.69 Å². The highest BCUT2D eigenvalue weighted by Crippen LogP contribution is 2.41. The summed E-state index contributed by atoms with van der Waals surface area (Å²) >= 11 is 0. The molecule has 0 saturated heterocycles. The number of hydrogen-bond acceptors (Lipinski definition) is 4. The number of nitrogens with one attached hydrogen (secondary N) is 1. The first-order valence-corrected chi connectivity index (χ1v) is 8.27. The number of benzene rings is 2. The van der Waals surface area contributed by atoms with Gasteiger partial charge in [-0.1, -0.05) is 24.3 Å². The van der Waals surface area contributed by atoms with E-state index < -0.39 is 0 Å². The van der Waals surface area contributed by atoms with E-state index in [2.05, 4.69) is 36.5 Å². The van der Waals surface area contributed by atoms with Crippen LogP contribution in [0.1, 0.15) is 23.0 Å². The zero-order valence-corrected chi connectivity index (χ0v) is 14.8. The molecule has 0 fully saturated rings. The van der Waals surface area contributed by atoms with Crippen molar-refractivity contribution in [3.8, 4) is 22.8 Å². The third-order valence-corrected chi connectivity index (χ3v) is 4.66. The standard InChI is InChI=1S/C20H21N3O2/c1-12-6-5-7-15-16-10-13(2)22-23(16)20(21-19(12)15)14-8-9-17(24-3)18(11-14)25-4/h5-11,20-21H,1-4H3. The molecule has 1 atom stereocenters. The SMILES string of the molecule is COc1ccc(C2Nc3c(C)cccc3-c3cc(C)nn32)cc1OC. The van der Waals surface area contributed by atoms with Gasteiger partial charge in [0.15, 0.2) is 11.5 Å². The Balaban J connectivity index is 1.88. The summed E-state index contributed by atoms with van der Waals surface area (Å²) in [6, 6.07) is 14.4. The Hall–Kier alpha value is -2.95. The van der Waals surface area contributed by atoms with E-state index in [4.69, 9.17) is 14.6 Å². The summed E-state index contributed by atoms with van der Waals surface area (Å²) in [7, 11) is 3.30. The van der Waals surface area contributed by atoms with Crippen molar-refractivity contribution in [3.05, 3.63) is 59.3 Å². The Morgan fingerprint density at radius 1 is 1.00 bits per heavy atom. The van der Waals surface area contributed by atoms with Gasteiger partial charge in [-0.25, -0.2) is 4.68 Å². The first-order valence-electron chi connectivity index (χ1n) is 8.27. The zero-order valence-electron chi connectivity index (χ0n) is 14.8. The number of hydrogen-bond donors (Lipinski definition) is 1. The summed E-state index contributed by atoms with van der Waals surface area (Å²) in [5.41, 5.74) is 6.72. The minimum atomic E-state index is -0.0999. The minimum Gasteiger partial charge on any atom is -0.493 e. The van der Waals surface area contributed by atoms with Gasteiger partial charge in [-0.2, -0.15) is 5.10 Å². The van der Waals surface area contributed by atoms with Gasteiger partial charge in [0, 0.05) is 16.8 Å². The molecule has 5 heteroatoms. The van der Waals surface area contributed by atoms with Crippen molar-refractivity contribution in [3.63, 3.8) is 0 Å². The molecule has 1 aromatic heterocycles. The molecule has 2 aromatic carbocycles. The fourth-order valence-corrected chi connectivity index (χ4v) is 3.43. The van der Waals surface area contributed by atoms with Crippen LogP contribution in [0.3, 0.4) is 0 Å². The quantitative estimate of drug-likeness (QED) is 0.781. The molecule has 4 rings (SSSR count). The predicted molar refractivity (Wildman–Crippen MR) is 98.4 cm³/mol. The number of aromatic nitrogens is 2. The fourth-order valence-electron chi connectivity index (χ4n) is 3.43. The van der Waals surface area contributed by atoms with Crippen molar-refractivity contribution >= 4 is 5.69 Å². The Kier molecular flexibility index (Phi) is 3.64. The summed E-state index contributed by atoms with van der Waals surface area (Å²) < 4.78 is 12.9. The predicted octanol–water partition coefficient (Wildman–Crippen LogP) is 4.16. The summed E-state index contributed by atoms with van der Waals surface area (Å²) in [6.45, 7) is 4.14. The van der Waals surface area contributed by atoms with Gasteiger partial charge >= 0.3 is 0 Å². The highest BCUT2D eigenvalue weighted by Gasteiger charge is 2.27. The lowest BCUT2D eigenvalue weighted by Gasteiger charge is -2.30. The van der Waals surface area contributed by atoms with Gasteiger partial charge in [-0.15, -0.1) is 0 Å². The number of para-hydroxylation sites is 1. The molecule has 3 aromatic rings. The number of rotatable bonds is 3. The first kappa shape index (κ1) is 15.6. The third kappa shape index (κ3) is 2.43. The monoisotopic (exact) mass is 335 g/mol. The molecule has 1 N–H and O–H groups in total. The van der Waals surface area contributed by atoms with Crippen LogP contribution in [0.5, 0.6) is 11.5 Å². The smallest absolute Gasteiger partial charge is 0.161 e. The lowest BCUT2D eigenvalue weighted by molar-refractivity contribution is 0.354. The Labute approximate surface area is 147 Å². The second kappa shape index (κ2) is 5.84. The summed E-state index contributed by atoms with van der Waals surface area (Å²) in [6.07, 6.45) is -0.0999. The van der Waals surface area contributed by atoms with E-state index in [-0.39, 0.29) is 6.17 Å². The van der Waals surface area contributed by atoms with Gasteiger partial charge in [0.25, 0.3) is 0 Å². The largest absolute Gasteiger partial charge is 0.493 e. The van der Waals surface area contributed by atoms with Crippen molar-refractivity contribution in [2.75, 3.05) is 19.5 Å². The molecule has 25 heavy (non-hydrogen) atoms. The molecular formula is C20H21N3O2. The van der Waals surface area contributed by atoms with E-state index in [1.807, 2.05) is 29.8 Å². The van der Waals surface area contributed by atoms with Crippen LogP contribution in [0.15, 0.2) is 42.5 Å². The number of nitrogens with zero attached hydrogens (tertiary/aromatic N) is 2. The van der Waals surface area contributed by atoms with Crippen molar-refractivity contribution in [2.24, 2.45) is 0 Å². The fraction of sp³-hybridized carbons (Fsp3) is 0.250. The van der Waals surface area contributed by atoms with Crippen molar-refractivity contribution < 1.29 is 9.47 Å². The van der Waals surface area contributed by atoms with E-state index in [1.54, 1.807) is 14.2 Å². The molecule has 1 aliphatic rings. The molecule has 5 nitrogen and oxygen atoms in total. The topological polar surface area (TPSA) is 48.3 Å². The van der Waals surface area contributed by atoms with Gasteiger partial charge in [0.2, 0.25) is 0 Å². The van der Waals surface area contributed by atoms with Crippen molar-refractivity contribution in [2.45, 2.75) is 20.0 Å². The number of aryl methyl sites for hydroxylation is 2. The molecule has 0 saturated carbocycles. The number of anilines is 1. The first-order chi connectivity index (χ1) is 12.1. The number of fused-ring (bicyclic) bond motifs is 3. The molecule has 0 spiro atoms. The minimum absolute atomic E-state index is 0.0999. The Morgan fingerprint density at radius 2 is 1.80 bits per heavy atom. The summed E-state index contributed by atoms with van der Waals surface area (Å²) in [5.74, 6) is 1.43. The van der Waals surface area contributed by atoms with E-state index >= 15 is 0 Å². The van der Waals surface area contributed by atoms with Crippen LogP contribution in [0.25, 0.3) is 11.3 Å². The Bertz CT molecular complexity index is 946. The summed E-state index contributed by atoms with van der Waals surface area (Å²) in [5, 5.41) is 8.36. The van der Waals surface area contributed by atoms with Gasteiger partial charge in [0.05, 0.1) is 25.6 Å². The number of methoxy groups -OCH3 is 2. The van der Waals surface area contributed by atoms with Crippen LogP contribution < -0.4 is 14.8 Å². The second-order valence-corrected chi connectivity index (χ2v) is 6.27. The lowest BCUT2D eigenvalue weighted by atomic mass is 10.0. The van der Waals surface area contributed by atoms with E-state index in [0.717, 1.165) is 28.4 Å². The summed E-state index contributed by atoms with van der Waals surface area (Å²) in [4.78, 5) is 0. The van der Waals surface area contributed by atoms with Crippen LogP contribution in [0, 0.1) is 13.8 Å². The normalized spacial score (nSPS) is 15.1. The molecule has 128 valence electrons. The van der Waals surface area contributed by atoms with E-state index in [1.165, 1.54) is 11.1 Å². The molecule has 0 aliphatic carbocycles. The highest BCUT2D eigenvalue weighted by molar-refractivity contribution is 5.81. The van der Waals surface area contributed by atoms with Crippen LogP contribution in [-0.2, 0) is 0 Å². The average molecular weight is 335 g/mol. The maximum atomic E-state index is 5.47. The molecule has 1 aliphatic heterocycles. The average Bonchev–Trinajstić information content (AvgIpc) is 3.02. The van der Waals surface area contributed by atoms with Crippen LogP contribution >= 0.6 is 0 Å². The second-order valence-electron chi connectivity index (χ2n) is 6.27. The maximum absolute atomic E-state index is 5.47.